The summed E-state index contributed by atoms with van der Waals surface area (Å²) in [4.78, 5) is 22.6. The number of hydrogen-bond donors (Lipinski definition) is 2. The first-order valence-electron chi connectivity index (χ1n) is 8.68. The molecule has 4 nitrogen and oxygen atoms in total. The molecule has 1 unspecified atom stereocenters. The first kappa shape index (κ1) is 15.3. The van der Waals surface area contributed by atoms with E-state index < -0.39 is 0 Å². The van der Waals surface area contributed by atoms with E-state index >= 15 is 0 Å². The molecule has 2 aromatic heterocycles. The monoisotopic (exact) mass is 331 g/mol. The van der Waals surface area contributed by atoms with Gasteiger partial charge in [-0.1, -0.05) is 20.8 Å². The molecule has 5 heteroatoms. The van der Waals surface area contributed by atoms with Gasteiger partial charge in [0.1, 0.15) is 10.7 Å². The van der Waals surface area contributed by atoms with Gasteiger partial charge in [-0.25, -0.2) is 4.98 Å². The molecule has 0 aliphatic heterocycles. The van der Waals surface area contributed by atoms with Crippen LogP contribution in [0.15, 0.2) is 4.79 Å². The number of nitrogens with zero attached hydrogens (tertiary/aromatic N) is 1. The lowest BCUT2D eigenvalue weighted by atomic mass is 9.72. The second-order valence-corrected chi connectivity index (χ2v) is 9.24. The summed E-state index contributed by atoms with van der Waals surface area (Å²) in [7, 11) is 0. The van der Waals surface area contributed by atoms with Gasteiger partial charge < -0.3 is 10.3 Å². The zero-order valence-electron chi connectivity index (χ0n) is 14.2. The quantitative estimate of drug-likeness (QED) is 0.906. The second kappa shape index (κ2) is 5.42. The van der Waals surface area contributed by atoms with E-state index in [0.29, 0.717) is 23.9 Å². The molecule has 1 fully saturated rings. The van der Waals surface area contributed by atoms with Crippen molar-refractivity contribution in [1.29, 1.82) is 0 Å². The van der Waals surface area contributed by atoms with Crippen LogP contribution in [0.1, 0.15) is 56.3 Å². The van der Waals surface area contributed by atoms with Gasteiger partial charge in [-0.2, -0.15) is 0 Å². The minimum atomic E-state index is 0.0503. The maximum atomic E-state index is 12.6. The fourth-order valence-corrected chi connectivity index (χ4v) is 4.90. The average Bonchev–Trinajstić information content (AvgIpc) is 3.22. The smallest absolute Gasteiger partial charge is 0.259 e. The van der Waals surface area contributed by atoms with E-state index in [1.165, 1.54) is 29.7 Å². The Kier molecular flexibility index (Phi) is 3.61. The summed E-state index contributed by atoms with van der Waals surface area (Å²) in [6, 6.07) is 0.625. The molecule has 0 saturated heterocycles. The van der Waals surface area contributed by atoms with Crippen LogP contribution < -0.4 is 10.9 Å². The maximum Gasteiger partial charge on any atom is 0.259 e. The summed E-state index contributed by atoms with van der Waals surface area (Å²) in [6.07, 6.45) is 5.77. The third kappa shape index (κ3) is 2.96. The molecule has 4 rings (SSSR count). The van der Waals surface area contributed by atoms with Gasteiger partial charge in [0.25, 0.3) is 5.56 Å². The van der Waals surface area contributed by atoms with Crippen molar-refractivity contribution in [3.05, 3.63) is 26.6 Å². The highest BCUT2D eigenvalue weighted by molar-refractivity contribution is 7.18. The predicted octanol–water partition coefficient (Wildman–Crippen LogP) is 3.39. The first-order valence-corrected chi connectivity index (χ1v) is 9.50. The topological polar surface area (TPSA) is 57.8 Å². The summed E-state index contributed by atoms with van der Waals surface area (Å²) in [6.45, 7) is 7.64. The van der Waals surface area contributed by atoms with Crippen LogP contribution in [0.25, 0.3) is 10.2 Å². The summed E-state index contributed by atoms with van der Waals surface area (Å²) < 4.78 is 0. The van der Waals surface area contributed by atoms with Gasteiger partial charge in [-0.05, 0) is 49.0 Å². The van der Waals surface area contributed by atoms with Gasteiger partial charge in [0.15, 0.2) is 0 Å². The highest BCUT2D eigenvalue weighted by Gasteiger charge is 2.31. The van der Waals surface area contributed by atoms with Crippen molar-refractivity contribution in [2.24, 2.45) is 11.3 Å². The molecule has 2 aliphatic rings. The average molecular weight is 331 g/mol. The molecule has 1 saturated carbocycles. The number of H-pyrrole nitrogens is 1. The molecule has 1 atom stereocenters. The molecule has 0 amide bonds. The lowest BCUT2D eigenvalue weighted by molar-refractivity contribution is 0.218. The fraction of sp³-hybridized carbons (Fsp3) is 0.667. The van der Waals surface area contributed by atoms with E-state index in [9.17, 15) is 4.79 Å². The number of aryl methyl sites for hydroxylation is 1. The second-order valence-electron chi connectivity index (χ2n) is 8.16. The zero-order chi connectivity index (χ0) is 16.2. The highest BCUT2D eigenvalue weighted by Crippen LogP contribution is 2.41. The molecular formula is C18H25N3OS. The molecule has 2 heterocycles. The Balaban J connectivity index is 1.68. The lowest BCUT2D eigenvalue weighted by Crippen LogP contribution is -2.26. The number of fused-ring (bicyclic) bond motifs is 3. The lowest BCUT2D eigenvalue weighted by Gasteiger charge is -2.33. The fourth-order valence-electron chi connectivity index (χ4n) is 3.58. The minimum absolute atomic E-state index is 0.0503. The number of aromatic amines is 1. The van der Waals surface area contributed by atoms with Gasteiger partial charge in [0, 0.05) is 10.9 Å². The Morgan fingerprint density at radius 2 is 2.09 bits per heavy atom. The summed E-state index contributed by atoms with van der Waals surface area (Å²) >= 11 is 1.74. The first-order chi connectivity index (χ1) is 10.9. The van der Waals surface area contributed by atoms with Crippen LogP contribution in [0.3, 0.4) is 0 Å². The van der Waals surface area contributed by atoms with Crippen molar-refractivity contribution < 1.29 is 0 Å². The Hall–Kier alpha value is -1.20. The Labute approximate surface area is 140 Å². The number of aromatic nitrogens is 2. The summed E-state index contributed by atoms with van der Waals surface area (Å²) in [5, 5.41) is 4.28. The van der Waals surface area contributed by atoms with E-state index in [1.807, 2.05) is 0 Å². The molecule has 0 radical (unpaired) electrons. The number of nitrogens with one attached hydrogen (secondary N) is 2. The maximum absolute atomic E-state index is 12.6. The van der Waals surface area contributed by atoms with Crippen molar-refractivity contribution in [3.63, 3.8) is 0 Å². The minimum Gasteiger partial charge on any atom is -0.309 e. The van der Waals surface area contributed by atoms with Gasteiger partial charge in [0.2, 0.25) is 0 Å². The highest BCUT2D eigenvalue weighted by atomic mass is 32.1. The van der Waals surface area contributed by atoms with E-state index in [1.54, 1.807) is 11.3 Å². The van der Waals surface area contributed by atoms with Crippen LogP contribution in [-0.4, -0.2) is 16.0 Å². The molecule has 2 aromatic rings. The molecule has 0 spiro atoms. The largest absolute Gasteiger partial charge is 0.309 e. The number of thiophene rings is 1. The van der Waals surface area contributed by atoms with Crippen molar-refractivity contribution in [3.8, 4) is 0 Å². The van der Waals surface area contributed by atoms with E-state index in [4.69, 9.17) is 4.98 Å². The molecule has 0 aromatic carbocycles. The SMILES string of the molecule is CC(C)(C)C1CCc2c(sc3nc(CNC4CC4)[nH]c(=O)c23)C1. The van der Waals surface area contributed by atoms with E-state index in [2.05, 4.69) is 31.1 Å². The van der Waals surface area contributed by atoms with Crippen LogP contribution in [0.4, 0.5) is 0 Å². The van der Waals surface area contributed by atoms with E-state index in [-0.39, 0.29) is 5.56 Å². The number of rotatable bonds is 3. The van der Waals surface area contributed by atoms with Gasteiger partial charge in [-0.15, -0.1) is 11.3 Å². The van der Waals surface area contributed by atoms with Gasteiger partial charge in [-0.3, -0.25) is 4.79 Å². The van der Waals surface area contributed by atoms with Crippen molar-refractivity contribution in [2.75, 3.05) is 0 Å². The van der Waals surface area contributed by atoms with Gasteiger partial charge >= 0.3 is 0 Å². The molecular weight excluding hydrogens is 306 g/mol. The van der Waals surface area contributed by atoms with Crippen molar-refractivity contribution in [1.82, 2.24) is 15.3 Å². The number of hydrogen-bond acceptors (Lipinski definition) is 4. The normalized spacial score (nSPS) is 21.6. The standard InChI is InChI=1S/C18H25N3OS/c1-18(2,3)10-4-7-12-13(8-10)23-17-15(12)16(22)20-14(21-17)9-19-11-5-6-11/h10-11,19H,4-9H2,1-3H3,(H,20,21,22). The molecule has 124 valence electrons. The Bertz CT molecular complexity index is 795. The van der Waals surface area contributed by atoms with Crippen LogP contribution >= 0.6 is 11.3 Å². The third-order valence-corrected chi connectivity index (χ3v) is 6.48. The Morgan fingerprint density at radius 3 is 2.78 bits per heavy atom. The van der Waals surface area contributed by atoms with Crippen LogP contribution in [0, 0.1) is 11.3 Å². The third-order valence-electron chi connectivity index (χ3n) is 5.33. The summed E-state index contributed by atoms with van der Waals surface area (Å²) in [5.41, 5.74) is 1.64. The molecule has 0 bridgehead atoms. The molecule has 2 N–H and O–H groups in total. The van der Waals surface area contributed by atoms with Crippen molar-refractivity contribution >= 4 is 21.6 Å². The van der Waals surface area contributed by atoms with Crippen LogP contribution in [-0.2, 0) is 19.4 Å². The van der Waals surface area contributed by atoms with Crippen LogP contribution in [0.5, 0.6) is 0 Å². The predicted molar refractivity (Wildman–Crippen MR) is 95.1 cm³/mol. The Morgan fingerprint density at radius 1 is 1.30 bits per heavy atom. The van der Waals surface area contributed by atoms with Gasteiger partial charge in [0.05, 0.1) is 11.9 Å². The zero-order valence-corrected chi connectivity index (χ0v) is 15.0. The van der Waals surface area contributed by atoms with Crippen LogP contribution in [0.2, 0.25) is 0 Å². The molecule has 2 aliphatic carbocycles. The van der Waals surface area contributed by atoms with Crippen molar-refractivity contribution in [2.45, 2.75) is 65.5 Å². The summed E-state index contributed by atoms with van der Waals surface area (Å²) in [5.74, 6) is 1.47. The molecule has 23 heavy (non-hydrogen) atoms. The van der Waals surface area contributed by atoms with E-state index in [0.717, 1.165) is 28.9 Å².